The Morgan fingerprint density at radius 2 is 1.93 bits per heavy atom. The molecule has 6 rings (SSSR count). The molecule has 236 valence electrons. The van der Waals surface area contributed by atoms with Gasteiger partial charge in [0.2, 0.25) is 0 Å². The summed E-state index contributed by atoms with van der Waals surface area (Å²) >= 11 is 1.83. The minimum Gasteiger partial charge on any atom is -0.379 e. The molecule has 0 aliphatic carbocycles. The van der Waals surface area contributed by atoms with Crippen molar-refractivity contribution in [2.24, 2.45) is 13.0 Å². The largest absolute Gasteiger partial charge is 0.416 e. The Balaban J connectivity index is 1.32. The highest BCUT2D eigenvalue weighted by Crippen LogP contribution is 2.42. The molecule has 1 amide bonds. The maximum atomic E-state index is 14.4. The lowest BCUT2D eigenvalue weighted by Crippen LogP contribution is -2.49. The van der Waals surface area contributed by atoms with E-state index in [0.717, 1.165) is 43.1 Å². The summed E-state index contributed by atoms with van der Waals surface area (Å²) in [5, 5.41) is 11.5. The topological polar surface area (TPSA) is 88.4 Å². The summed E-state index contributed by atoms with van der Waals surface area (Å²) in [4.78, 5) is 22.1. The lowest BCUT2D eigenvalue weighted by Gasteiger charge is -2.42. The van der Waals surface area contributed by atoms with Crippen LogP contribution in [0.3, 0.4) is 0 Å². The van der Waals surface area contributed by atoms with Crippen molar-refractivity contribution in [3.63, 3.8) is 0 Å². The minimum absolute atomic E-state index is 0.00269. The third-order valence-corrected chi connectivity index (χ3v) is 9.84. The highest BCUT2D eigenvalue weighted by molar-refractivity contribution is 7.98. The number of piperidine rings is 1. The van der Waals surface area contributed by atoms with Crippen molar-refractivity contribution < 1.29 is 22.7 Å². The number of pyridine rings is 1. The molecule has 3 aromatic rings. The van der Waals surface area contributed by atoms with Crippen molar-refractivity contribution in [3.05, 3.63) is 64.2 Å². The number of alkyl halides is 3. The number of rotatable bonds is 10. The number of thioether (sulfide) groups is 1. The number of hydrogen-bond acceptors (Lipinski definition) is 8. The summed E-state index contributed by atoms with van der Waals surface area (Å²) in [5.41, 5.74) is 0.337. The first-order valence-corrected chi connectivity index (χ1v) is 16.4. The van der Waals surface area contributed by atoms with E-state index >= 15 is 0 Å². The highest BCUT2D eigenvalue weighted by Gasteiger charge is 2.44. The molecule has 1 N–H and O–H groups in total. The molecule has 3 aliphatic rings. The summed E-state index contributed by atoms with van der Waals surface area (Å²) in [7, 11) is 1.88. The van der Waals surface area contributed by atoms with E-state index in [0.29, 0.717) is 55.8 Å². The lowest BCUT2D eigenvalue weighted by molar-refractivity contribution is -0.138. The van der Waals surface area contributed by atoms with Gasteiger partial charge in [0, 0.05) is 37.5 Å². The number of likely N-dealkylation sites (tertiary alicyclic amines) is 1. The summed E-state index contributed by atoms with van der Waals surface area (Å²) in [6.45, 7) is 5.29. The zero-order valence-electron chi connectivity index (χ0n) is 25.3. The second-order valence-corrected chi connectivity index (χ2v) is 13.1. The second kappa shape index (κ2) is 12.3. The molecule has 5 heterocycles. The van der Waals surface area contributed by atoms with Crippen molar-refractivity contribution >= 4 is 29.3 Å². The fourth-order valence-corrected chi connectivity index (χ4v) is 7.33. The number of ether oxygens (including phenoxy) is 1. The van der Waals surface area contributed by atoms with Crippen LogP contribution in [-0.2, 0) is 42.9 Å². The molecule has 9 nitrogen and oxygen atoms in total. The van der Waals surface area contributed by atoms with Crippen molar-refractivity contribution in [3.8, 4) is 0 Å². The number of aromatic nitrogens is 4. The molecule has 0 unspecified atom stereocenters. The molecule has 2 saturated heterocycles. The van der Waals surface area contributed by atoms with Crippen LogP contribution in [0.25, 0.3) is 0 Å². The van der Waals surface area contributed by atoms with Gasteiger partial charge in [0.25, 0.3) is 5.91 Å². The normalized spacial score (nSPS) is 18.9. The molecule has 1 aromatic carbocycles. The number of fused-ring (bicyclic) bond motifs is 1. The van der Waals surface area contributed by atoms with Crippen LogP contribution in [-0.4, -0.2) is 75.4 Å². The monoisotopic (exact) mass is 629 g/mol. The molecule has 2 fully saturated rings. The molecule has 0 saturated carbocycles. The van der Waals surface area contributed by atoms with E-state index in [4.69, 9.17) is 4.74 Å². The molecular formula is C31H38F3N7O2S. The zero-order chi connectivity index (χ0) is 31.1. The number of carbonyl (C=O) groups is 1. The number of aryl methyl sites for hydroxylation is 1. The molecule has 0 atom stereocenters. The molecule has 0 bridgehead atoms. The van der Waals surface area contributed by atoms with Crippen LogP contribution in [0.2, 0.25) is 0 Å². The summed E-state index contributed by atoms with van der Waals surface area (Å²) in [5.74, 6) is 2.93. The first-order chi connectivity index (χ1) is 21.1. The number of halogens is 3. The van der Waals surface area contributed by atoms with Gasteiger partial charge in [0.1, 0.15) is 23.8 Å². The Kier molecular flexibility index (Phi) is 8.64. The van der Waals surface area contributed by atoms with E-state index in [1.165, 1.54) is 11.0 Å². The van der Waals surface area contributed by atoms with E-state index in [2.05, 4.69) is 31.7 Å². The standard InChI is InChI=1S/C31H38F3N7O2S/c1-4-35-26-11-22(30(17-43-18-30)13-28-38-36-19-39(28)2)12-27(37-26)41-15-24-23(29(41)42)9-21(10-25(24)31(32,33)34)14-40-7-5-20(6-8-40)16-44-3/h9-12,19-20H,4-8,13-18H2,1-3H3,(H,35,37). The Bertz CT molecular complexity index is 1520. The van der Waals surface area contributed by atoms with Gasteiger partial charge in [-0.15, -0.1) is 10.2 Å². The SMILES string of the molecule is CCNc1cc(C2(Cc3nncn3C)COC2)cc(N2Cc3c(cc(CN4CCC(CSC)CC4)cc3C(F)(F)F)C2=O)n1. The summed E-state index contributed by atoms with van der Waals surface area (Å²) < 4.78 is 50.9. The van der Waals surface area contributed by atoms with Crippen LogP contribution in [0.4, 0.5) is 24.8 Å². The number of carbonyl (C=O) groups excluding carboxylic acids is 1. The van der Waals surface area contributed by atoms with Crippen LogP contribution in [0.5, 0.6) is 0 Å². The number of nitrogens with one attached hydrogen (secondary N) is 1. The van der Waals surface area contributed by atoms with Crippen LogP contribution in [0.15, 0.2) is 30.6 Å². The third-order valence-electron chi connectivity index (χ3n) is 9.04. The van der Waals surface area contributed by atoms with E-state index in [-0.39, 0.29) is 17.7 Å². The molecule has 0 spiro atoms. The van der Waals surface area contributed by atoms with Crippen molar-refractivity contribution in [2.75, 3.05) is 55.1 Å². The third kappa shape index (κ3) is 6.05. The zero-order valence-corrected chi connectivity index (χ0v) is 26.1. The first kappa shape index (κ1) is 30.8. The van der Waals surface area contributed by atoms with Crippen LogP contribution >= 0.6 is 11.8 Å². The van der Waals surface area contributed by atoms with Gasteiger partial charge in [-0.25, -0.2) is 4.98 Å². The molecule has 44 heavy (non-hydrogen) atoms. The number of hydrogen-bond donors (Lipinski definition) is 1. The molecule has 13 heteroatoms. The van der Waals surface area contributed by atoms with Gasteiger partial charge in [0.05, 0.1) is 25.3 Å². The number of nitrogens with zero attached hydrogens (tertiary/aromatic N) is 6. The van der Waals surface area contributed by atoms with Crippen molar-refractivity contribution in [2.45, 2.75) is 50.9 Å². The van der Waals surface area contributed by atoms with Gasteiger partial charge < -0.3 is 14.6 Å². The average molecular weight is 630 g/mol. The van der Waals surface area contributed by atoms with Gasteiger partial charge in [-0.05, 0) is 91.7 Å². The van der Waals surface area contributed by atoms with Crippen molar-refractivity contribution in [1.29, 1.82) is 0 Å². The highest BCUT2D eigenvalue weighted by atomic mass is 32.2. The van der Waals surface area contributed by atoms with E-state index < -0.39 is 23.1 Å². The van der Waals surface area contributed by atoms with E-state index in [1.54, 1.807) is 12.4 Å². The Hall–Kier alpha value is -3.16. The van der Waals surface area contributed by atoms with Gasteiger partial charge in [-0.2, -0.15) is 24.9 Å². The summed E-state index contributed by atoms with van der Waals surface area (Å²) in [6, 6.07) is 6.64. The Morgan fingerprint density at radius 3 is 2.55 bits per heavy atom. The van der Waals surface area contributed by atoms with Crippen LogP contribution < -0.4 is 10.2 Å². The van der Waals surface area contributed by atoms with Gasteiger partial charge in [-0.1, -0.05) is 0 Å². The molecule has 0 radical (unpaired) electrons. The van der Waals surface area contributed by atoms with Crippen LogP contribution in [0, 0.1) is 5.92 Å². The minimum atomic E-state index is -4.59. The van der Waals surface area contributed by atoms with Gasteiger partial charge in [-0.3, -0.25) is 14.6 Å². The molecule has 3 aliphatic heterocycles. The Morgan fingerprint density at radius 1 is 1.16 bits per heavy atom. The van der Waals surface area contributed by atoms with Gasteiger partial charge >= 0.3 is 6.18 Å². The predicted octanol–water partition coefficient (Wildman–Crippen LogP) is 4.91. The van der Waals surface area contributed by atoms with Crippen molar-refractivity contribution in [1.82, 2.24) is 24.6 Å². The fourth-order valence-electron chi connectivity index (χ4n) is 6.52. The predicted molar refractivity (Wildman–Crippen MR) is 164 cm³/mol. The maximum absolute atomic E-state index is 14.4. The number of benzene rings is 1. The molecule has 2 aromatic heterocycles. The van der Waals surface area contributed by atoms with Crippen LogP contribution in [0.1, 0.15) is 58.2 Å². The van der Waals surface area contributed by atoms with Gasteiger partial charge in [0.15, 0.2) is 0 Å². The first-order valence-electron chi connectivity index (χ1n) is 15.0. The molecular weight excluding hydrogens is 591 g/mol. The average Bonchev–Trinajstić information content (AvgIpc) is 3.53. The number of anilines is 2. The maximum Gasteiger partial charge on any atom is 0.416 e. The van der Waals surface area contributed by atoms with E-state index in [9.17, 15) is 18.0 Å². The Labute approximate surface area is 259 Å². The lowest BCUT2D eigenvalue weighted by atomic mass is 9.75. The summed E-state index contributed by atoms with van der Waals surface area (Å²) in [6.07, 6.45) is 1.78. The fraction of sp³-hybridized carbons (Fsp3) is 0.548. The quantitative estimate of drug-likeness (QED) is 0.339. The second-order valence-electron chi connectivity index (χ2n) is 12.2. The van der Waals surface area contributed by atoms with E-state index in [1.807, 2.05) is 42.4 Å². The number of amides is 1. The smallest absolute Gasteiger partial charge is 0.379 e.